The maximum absolute atomic E-state index is 12.3. The number of carbonyl (C=O) groups excluding carboxylic acids is 4. The van der Waals surface area contributed by atoms with Gasteiger partial charge in [0.25, 0.3) is 11.8 Å². The lowest BCUT2D eigenvalue weighted by Crippen LogP contribution is -2.21. The lowest BCUT2D eigenvalue weighted by atomic mass is 10.2. The van der Waals surface area contributed by atoms with Crippen LogP contribution in [0, 0.1) is 0 Å². The number of pyridine rings is 2. The van der Waals surface area contributed by atoms with Gasteiger partial charge in [0.15, 0.2) is 13.2 Å². The van der Waals surface area contributed by atoms with Gasteiger partial charge in [-0.2, -0.15) is 0 Å². The van der Waals surface area contributed by atoms with E-state index in [4.69, 9.17) is 23.7 Å². The van der Waals surface area contributed by atoms with Crippen LogP contribution < -0.4 is 24.8 Å². The molecule has 0 fully saturated rings. The molecule has 13 heteroatoms. The smallest absolute Gasteiger partial charge is 0.344 e. The van der Waals surface area contributed by atoms with Gasteiger partial charge >= 0.3 is 11.9 Å². The Morgan fingerprint density at radius 2 is 1.00 bits per heavy atom. The van der Waals surface area contributed by atoms with Gasteiger partial charge in [0.05, 0.1) is 13.2 Å². The van der Waals surface area contributed by atoms with Gasteiger partial charge in [-0.05, 0) is 86.6 Å². The van der Waals surface area contributed by atoms with Crippen LogP contribution in [-0.4, -0.2) is 60.1 Å². The van der Waals surface area contributed by atoms with Crippen molar-refractivity contribution < 1.29 is 42.9 Å². The molecule has 232 valence electrons. The van der Waals surface area contributed by atoms with Crippen LogP contribution in [-0.2, 0) is 19.1 Å². The third-order valence-electron chi connectivity index (χ3n) is 5.72. The number of hydrogen-bond donors (Lipinski definition) is 2. The van der Waals surface area contributed by atoms with Crippen LogP contribution in [0.15, 0.2) is 85.2 Å². The van der Waals surface area contributed by atoms with Gasteiger partial charge in [0, 0.05) is 23.8 Å². The molecule has 0 atom stereocenters. The van der Waals surface area contributed by atoms with Gasteiger partial charge in [-0.1, -0.05) is 0 Å². The maximum Gasteiger partial charge on any atom is 0.344 e. The van der Waals surface area contributed by atoms with Crippen molar-refractivity contribution >= 4 is 35.1 Å². The molecule has 0 aliphatic rings. The van der Waals surface area contributed by atoms with Crippen LogP contribution in [0.3, 0.4) is 0 Å². The Hall–Kier alpha value is -5.98. The van der Waals surface area contributed by atoms with Crippen LogP contribution in [0.1, 0.15) is 34.6 Å². The van der Waals surface area contributed by atoms with E-state index in [1.807, 2.05) is 0 Å². The zero-order valence-corrected chi connectivity index (χ0v) is 24.5. The number of esters is 2. The van der Waals surface area contributed by atoms with E-state index in [0.717, 1.165) is 0 Å². The minimum Gasteiger partial charge on any atom is -0.477 e. The van der Waals surface area contributed by atoms with Gasteiger partial charge in [-0.15, -0.1) is 0 Å². The third kappa shape index (κ3) is 9.51. The molecule has 2 aromatic carbocycles. The molecule has 13 nitrogen and oxygen atoms in total. The number of carbonyl (C=O) groups is 4. The number of ether oxygens (including phenoxy) is 5. The summed E-state index contributed by atoms with van der Waals surface area (Å²) in [6.45, 7) is 3.18. The predicted octanol–water partition coefficient (Wildman–Crippen LogP) is 4.66. The van der Waals surface area contributed by atoms with E-state index < -0.39 is 37.0 Å². The predicted molar refractivity (Wildman–Crippen MR) is 162 cm³/mol. The molecule has 4 aromatic rings. The molecule has 0 spiro atoms. The summed E-state index contributed by atoms with van der Waals surface area (Å²) in [5.41, 5.74) is 1.19. The Morgan fingerprint density at radius 3 is 1.38 bits per heavy atom. The van der Waals surface area contributed by atoms with Gasteiger partial charge < -0.3 is 34.3 Å². The number of benzene rings is 2. The fraction of sp³-hybridized carbons (Fsp3) is 0.188. The maximum atomic E-state index is 12.3. The largest absolute Gasteiger partial charge is 0.477 e. The SMILES string of the molecule is CCOc1ncccc1C(=O)OCC(=O)Nc1ccc(Oc2ccc(NC(=O)COC(=O)c3cccnc3OCC)cc2)cc1. The Kier molecular flexibility index (Phi) is 11.4. The molecular weight excluding hydrogens is 584 g/mol. The summed E-state index contributed by atoms with van der Waals surface area (Å²) in [6, 6.07) is 19.2. The summed E-state index contributed by atoms with van der Waals surface area (Å²) in [6.07, 6.45) is 2.98. The molecular formula is C32H30N4O9. The Labute approximate surface area is 258 Å². The van der Waals surface area contributed by atoms with Crippen molar-refractivity contribution in [1.82, 2.24) is 9.97 Å². The molecule has 2 aromatic heterocycles. The third-order valence-corrected chi connectivity index (χ3v) is 5.72. The van der Waals surface area contributed by atoms with Crippen LogP contribution in [0.4, 0.5) is 11.4 Å². The Bertz CT molecular complexity index is 1510. The topological polar surface area (TPSA) is 164 Å². The fourth-order valence-corrected chi connectivity index (χ4v) is 3.76. The minimum atomic E-state index is -0.725. The zero-order chi connectivity index (χ0) is 32.0. The summed E-state index contributed by atoms with van der Waals surface area (Å²) in [5.74, 6) is -1.25. The average Bonchev–Trinajstić information content (AvgIpc) is 3.05. The molecule has 2 N–H and O–H groups in total. The lowest BCUT2D eigenvalue weighted by Gasteiger charge is -2.11. The van der Waals surface area contributed by atoms with Crippen LogP contribution in [0.2, 0.25) is 0 Å². The van der Waals surface area contributed by atoms with Crippen LogP contribution in [0.25, 0.3) is 0 Å². The van der Waals surface area contributed by atoms with E-state index in [1.54, 1.807) is 74.5 Å². The first kappa shape index (κ1) is 31.9. The van der Waals surface area contributed by atoms with Crippen molar-refractivity contribution in [3.63, 3.8) is 0 Å². The van der Waals surface area contributed by atoms with Crippen molar-refractivity contribution in [1.29, 1.82) is 0 Å². The fourth-order valence-electron chi connectivity index (χ4n) is 3.76. The quantitative estimate of drug-likeness (QED) is 0.190. The first-order valence-corrected chi connectivity index (χ1v) is 13.8. The van der Waals surface area contributed by atoms with E-state index >= 15 is 0 Å². The summed E-state index contributed by atoms with van der Waals surface area (Å²) < 4.78 is 26.6. The number of rotatable bonds is 14. The number of aromatic nitrogens is 2. The molecule has 0 bridgehead atoms. The second-order valence-electron chi connectivity index (χ2n) is 8.98. The minimum absolute atomic E-state index is 0.128. The van der Waals surface area contributed by atoms with Gasteiger partial charge in [0.2, 0.25) is 11.8 Å². The van der Waals surface area contributed by atoms with E-state index in [-0.39, 0.29) is 22.9 Å². The number of hydrogen-bond acceptors (Lipinski definition) is 11. The monoisotopic (exact) mass is 614 g/mol. The highest BCUT2D eigenvalue weighted by molar-refractivity contribution is 5.97. The van der Waals surface area contributed by atoms with Crippen LogP contribution in [0.5, 0.6) is 23.3 Å². The molecule has 0 aliphatic heterocycles. The highest BCUT2D eigenvalue weighted by atomic mass is 16.5. The van der Waals surface area contributed by atoms with E-state index in [0.29, 0.717) is 36.1 Å². The standard InChI is InChI=1S/C32H30N4O9/c1-3-41-29-25(7-5-17-33-29)31(39)43-19-27(37)35-21-9-13-23(14-10-21)45-24-15-11-22(12-16-24)36-28(38)20-44-32(40)26-8-6-18-34-30(26)42-4-2/h5-18H,3-4,19-20H2,1-2H3,(H,35,37)(H,36,38). The second-order valence-corrected chi connectivity index (χ2v) is 8.98. The van der Waals surface area contributed by atoms with Crippen molar-refractivity contribution in [3.05, 3.63) is 96.3 Å². The Balaban J connectivity index is 1.21. The first-order chi connectivity index (χ1) is 21.9. The number of anilines is 2. The zero-order valence-electron chi connectivity index (χ0n) is 24.5. The number of amides is 2. The van der Waals surface area contributed by atoms with E-state index in [9.17, 15) is 19.2 Å². The molecule has 0 saturated carbocycles. The normalized spacial score (nSPS) is 10.3. The van der Waals surface area contributed by atoms with Gasteiger partial charge in [-0.25, -0.2) is 19.6 Å². The summed E-state index contributed by atoms with van der Waals surface area (Å²) in [4.78, 5) is 57.2. The molecule has 0 saturated heterocycles. The number of nitrogens with zero attached hydrogens (tertiary/aromatic N) is 2. The molecule has 0 radical (unpaired) electrons. The van der Waals surface area contributed by atoms with Gasteiger partial charge in [0.1, 0.15) is 22.6 Å². The van der Waals surface area contributed by atoms with Crippen molar-refractivity contribution in [3.8, 4) is 23.3 Å². The average molecular weight is 615 g/mol. The van der Waals surface area contributed by atoms with Crippen molar-refractivity contribution in [2.45, 2.75) is 13.8 Å². The van der Waals surface area contributed by atoms with Gasteiger partial charge in [-0.3, -0.25) is 9.59 Å². The number of nitrogens with one attached hydrogen (secondary N) is 2. The Morgan fingerprint density at radius 1 is 0.600 bits per heavy atom. The molecule has 0 unspecified atom stereocenters. The highest BCUT2D eigenvalue weighted by Gasteiger charge is 2.18. The molecule has 4 rings (SSSR count). The molecule has 2 heterocycles. The van der Waals surface area contributed by atoms with Crippen molar-refractivity contribution in [2.75, 3.05) is 37.1 Å². The first-order valence-electron chi connectivity index (χ1n) is 13.8. The van der Waals surface area contributed by atoms with Crippen molar-refractivity contribution in [2.24, 2.45) is 0 Å². The molecule has 0 aliphatic carbocycles. The lowest BCUT2D eigenvalue weighted by molar-refractivity contribution is -0.119. The summed E-state index contributed by atoms with van der Waals surface area (Å²) in [5, 5.41) is 5.28. The molecule has 45 heavy (non-hydrogen) atoms. The second kappa shape index (κ2) is 16.0. The molecule has 2 amide bonds. The van der Waals surface area contributed by atoms with Crippen LogP contribution >= 0.6 is 0 Å². The highest BCUT2D eigenvalue weighted by Crippen LogP contribution is 2.25. The summed E-state index contributed by atoms with van der Waals surface area (Å²) in [7, 11) is 0. The summed E-state index contributed by atoms with van der Waals surface area (Å²) >= 11 is 0. The van der Waals surface area contributed by atoms with E-state index in [1.165, 1.54) is 24.5 Å². The van der Waals surface area contributed by atoms with E-state index in [2.05, 4.69) is 20.6 Å².